The summed E-state index contributed by atoms with van der Waals surface area (Å²) in [6.07, 6.45) is 3.77. The highest BCUT2D eigenvalue weighted by Gasteiger charge is 2.28. The number of nitrogens with zero attached hydrogens (tertiary/aromatic N) is 4. The van der Waals surface area contributed by atoms with Gasteiger partial charge in [-0.3, -0.25) is 4.99 Å². The fraction of sp³-hybridized carbons (Fsp3) is 0.444. The van der Waals surface area contributed by atoms with Gasteiger partial charge in [-0.2, -0.15) is 16.9 Å². The van der Waals surface area contributed by atoms with Gasteiger partial charge < -0.3 is 10.2 Å². The molecule has 0 saturated carbocycles. The Labute approximate surface area is 171 Å². The Morgan fingerprint density at radius 1 is 1.32 bits per heavy atom. The molecule has 5 nitrogen and oxygen atoms in total. The van der Waals surface area contributed by atoms with Crippen molar-refractivity contribution in [2.24, 2.45) is 4.99 Å². The molecule has 0 unspecified atom stereocenters. The smallest absolute Gasteiger partial charge is 0.193 e. The summed E-state index contributed by atoms with van der Waals surface area (Å²) >= 11 is 2.03. The number of rotatable bonds is 3. The van der Waals surface area contributed by atoms with Crippen LogP contribution in [0.3, 0.4) is 0 Å². The van der Waals surface area contributed by atoms with E-state index < -0.39 is 0 Å². The molecular formula is C18H26IN5S. The van der Waals surface area contributed by atoms with Crippen LogP contribution in [0, 0.1) is 0 Å². The van der Waals surface area contributed by atoms with Crippen LogP contribution in [0.15, 0.2) is 47.7 Å². The van der Waals surface area contributed by atoms with Crippen molar-refractivity contribution in [3.63, 3.8) is 0 Å². The van der Waals surface area contributed by atoms with Gasteiger partial charge in [-0.15, -0.1) is 24.0 Å². The number of nitrogens with one attached hydrogen (secondary N) is 1. The van der Waals surface area contributed by atoms with Crippen molar-refractivity contribution in [1.29, 1.82) is 0 Å². The van der Waals surface area contributed by atoms with Crippen molar-refractivity contribution >= 4 is 41.7 Å². The number of benzene rings is 1. The van der Waals surface area contributed by atoms with Crippen LogP contribution in [-0.2, 0) is 6.54 Å². The molecule has 0 atom stereocenters. The molecule has 3 rings (SSSR count). The van der Waals surface area contributed by atoms with Crippen LogP contribution in [0.4, 0.5) is 0 Å². The SMILES string of the molecule is CN=C(NCc1ccccc1-n1cccn1)N1CCSC(C)(C)C1.I. The van der Waals surface area contributed by atoms with E-state index in [1.54, 1.807) is 6.20 Å². The normalized spacial score (nSPS) is 17.1. The standard InChI is InChI=1S/C18H25N5S.HI/c1-18(2)14-22(11-12-24-18)17(19-3)20-13-15-7-4-5-8-16(15)23-10-6-9-21-23;/h4-10H,11-14H2,1-3H3,(H,19,20);1H. The van der Waals surface area contributed by atoms with E-state index in [0.29, 0.717) is 0 Å². The molecule has 0 aliphatic carbocycles. The maximum absolute atomic E-state index is 4.48. The van der Waals surface area contributed by atoms with Crippen LogP contribution in [0.5, 0.6) is 0 Å². The lowest BCUT2D eigenvalue weighted by molar-refractivity contribution is 0.375. The maximum Gasteiger partial charge on any atom is 0.193 e. The number of halogens is 1. The van der Waals surface area contributed by atoms with Crippen molar-refractivity contribution in [2.75, 3.05) is 25.9 Å². The highest BCUT2D eigenvalue weighted by molar-refractivity contribution is 14.0. The molecule has 1 saturated heterocycles. The molecule has 1 aliphatic rings. The molecule has 136 valence electrons. The van der Waals surface area contributed by atoms with E-state index in [2.05, 4.69) is 52.4 Å². The lowest BCUT2D eigenvalue weighted by atomic mass is 10.1. The quantitative estimate of drug-likeness (QED) is 0.424. The van der Waals surface area contributed by atoms with Crippen LogP contribution in [0.1, 0.15) is 19.4 Å². The first-order valence-corrected chi connectivity index (χ1v) is 9.25. The molecule has 1 N–H and O–H groups in total. The Morgan fingerprint density at radius 3 is 2.80 bits per heavy atom. The molecule has 25 heavy (non-hydrogen) atoms. The Balaban J connectivity index is 0.00000225. The number of aliphatic imine (C=N–C) groups is 1. The Hall–Kier alpha value is -1.22. The van der Waals surface area contributed by atoms with Gasteiger partial charge in [0.1, 0.15) is 0 Å². The van der Waals surface area contributed by atoms with E-state index in [1.807, 2.05) is 41.8 Å². The molecule has 2 aromatic rings. The van der Waals surface area contributed by atoms with Crippen molar-refractivity contribution in [3.05, 3.63) is 48.3 Å². The third-order valence-electron chi connectivity index (χ3n) is 4.12. The van der Waals surface area contributed by atoms with Crippen molar-refractivity contribution in [3.8, 4) is 5.69 Å². The summed E-state index contributed by atoms with van der Waals surface area (Å²) in [5.41, 5.74) is 2.30. The summed E-state index contributed by atoms with van der Waals surface area (Å²) in [5.74, 6) is 2.11. The zero-order valence-electron chi connectivity index (χ0n) is 15.0. The summed E-state index contributed by atoms with van der Waals surface area (Å²) in [4.78, 5) is 6.84. The van der Waals surface area contributed by atoms with E-state index >= 15 is 0 Å². The second-order valence-electron chi connectivity index (χ2n) is 6.51. The predicted molar refractivity (Wildman–Crippen MR) is 117 cm³/mol. The fourth-order valence-corrected chi connectivity index (χ4v) is 4.11. The second-order valence-corrected chi connectivity index (χ2v) is 8.31. The van der Waals surface area contributed by atoms with Crippen LogP contribution in [-0.4, -0.2) is 51.3 Å². The van der Waals surface area contributed by atoms with E-state index in [1.165, 1.54) is 5.56 Å². The average Bonchev–Trinajstić information content (AvgIpc) is 3.09. The summed E-state index contributed by atoms with van der Waals surface area (Å²) in [5, 5.41) is 7.87. The fourth-order valence-electron chi connectivity index (χ4n) is 3.00. The van der Waals surface area contributed by atoms with Crippen LogP contribution >= 0.6 is 35.7 Å². The first-order chi connectivity index (χ1) is 11.6. The molecule has 0 bridgehead atoms. The minimum absolute atomic E-state index is 0. The van der Waals surface area contributed by atoms with E-state index in [-0.39, 0.29) is 28.7 Å². The molecule has 1 aromatic heterocycles. The largest absolute Gasteiger partial charge is 0.352 e. The van der Waals surface area contributed by atoms with Crippen molar-refractivity contribution < 1.29 is 0 Å². The van der Waals surface area contributed by atoms with Crippen molar-refractivity contribution in [2.45, 2.75) is 25.1 Å². The van der Waals surface area contributed by atoms with Gasteiger partial charge >= 0.3 is 0 Å². The van der Waals surface area contributed by atoms with Gasteiger partial charge in [-0.25, -0.2) is 4.68 Å². The summed E-state index contributed by atoms with van der Waals surface area (Å²) in [6, 6.07) is 10.3. The Kier molecular flexibility index (Phi) is 7.18. The number of hydrogen-bond donors (Lipinski definition) is 1. The average molecular weight is 471 g/mol. The van der Waals surface area contributed by atoms with Crippen molar-refractivity contribution in [1.82, 2.24) is 20.0 Å². The van der Waals surface area contributed by atoms with Gasteiger partial charge in [0.05, 0.1) is 5.69 Å². The van der Waals surface area contributed by atoms with Crippen LogP contribution in [0.2, 0.25) is 0 Å². The lowest BCUT2D eigenvalue weighted by Gasteiger charge is -2.39. The maximum atomic E-state index is 4.48. The molecule has 0 spiro atoms. The third-order valence-corrected chi connectivity index (χ3v) is 5.41. The molecule has 1 aromatic carbocycles. The molecular weight excluding hydrogens is 445 g/mol. The summed E-state index contributed by atoms with van der Waals surface area (Å²) < 4.78 is 2.17. The summed E-state index contributed by atoms with van der Waals surface area (Å²) in [7, 11) is 1.86. The number of guanidine groups is 1. The number of para-hydroxylation sites is 1. The minimum atomic E-state index is 0. The first kappa shape index (κ1) is 20.1. The van der Waals surface area contributed by atoms with Gasteiger partial charge in [0.25, 0.3) is 0 Å². The van der Waals surface area contributed by atoms with Gasteiger partial charge in [0.2, 0.25) is 0 Å². The van der Waals surface area contributed by atoms with Gasteiger partial charge in [-0.1, -0.05) is 18.2 Å². The number of hydrogen-bond acceptors (Lipinski definition) is 3. The van der Waals surface area contributed by atoms with Gasteiger partial charge in [0, 0.05) is 49.6 Å². The minimum Gasteiger partial charge on any atom is -0.352 e. The zero-order valence-corrected chi connectivity index (χ0v) is 18.1. The molecule has 7 heteroatoms. The lowest BCUT2D eigenvalue weighted by Crippen LogP contribution is -2.50. The van der Waals surface area contributed by atoms with Gasteiger partial charge in [-0.05, 0) is 31.5 Å². The van der Waals surface area contributed by atoms with E-state index in [0.717, 1.165) is 37.0 Å². The second kappa shape index (κ2) is 8.93. The predicted octanol–water partition coefficient (Wildman–Crippen LogP) is 3.39. The highest BCUT2D eigenvalue weighted by atomic mass is 127. The Morgan fingerprint density at radius 2 is 2.12 bits per heavy atom. The molecule has 1 aliphatic heterocycles. The monoisotopic (exact) mass is 471 g/mol. The topological polar surface area (TPSA) is 45.5 Å². The molecule has 2 heterocycles. The third kappa shape index (κ3) is 5.13. The number of aromatic nitrogens is 2. The Bertz CT molecular complexity index is 699. The van der Waals surface area contributed by atoms with Crippen LogP contribution < -0.4 is 5.32 Å². The van der Waals surface area contributed by atoms with E-state index in [4.69, 9.17) is 0 Å². The number of thioether (sulfide) groups is 1. The zero-order chi connectivity index (χ0) is 17.0. The van der Waals surface area contributed by atoms with Crippen LogP contribution in [0.25, 0.3) is 5.69 Å². The first-order valence-electron chi connectivity index (χ1n) is 8.26. The van der Waals surface area contributed by atoms with Gasteiger partial charge in [0.15, 0.2) is 5.96 Å². The molecule has 1 fully saturated rings. The van der Waals surface area contributed by atoms with E-state index in [9.17, 15) is 0 Å². The summed E-state index contributed by atoms with van der Waals surface area (Å²) in [6.45, 7) is 7.37. The highest BCUT2D eigenvalue weighted by Crippen LogP contribution is 2.29. The molecule has 0 radical (unpaired) electrons. The molecule has 0 amide bonds.